The zero-order valence-corrected chi connectivity index (χ0v) is 26.6. The first-order valence-corrected chi connectivity index (χ1v) is 15.1. The molecule has 4 N–H and O–H groups in total. The molecule has 0 aliphatic carbocycles. The molecule has 12 nitrogen and oxygen atoms in total. The number of rotatable bonds is 12. The maximum absolute atomic E-state index is 14.3. The summed E-state index contributed by atoms with van der Waals surface area (Å²) < 4.78 is 49.0. The molecule has 3 aromatic rings. The smallest absolute Gasteiger partial charge is 0.435 e. The van der Waals surface area contributed by atoms with E-state index in [4.69, 9.17) is 10.5 Å². The van der Waals surface area contributed by atoms with Crippen LogP contribution in [0.1, 0.15) is 68.6 Å². The Hall–Kier alpha value is -4.92. The third-order valence-corrected chi connectivity index (χ3v) is 7.66. The first-order chi connectivity index (χ1) is 22.3. The number of carbonyl (C=O) groups is 4. The molecule has 0 radical (unpaired) electrons. The number of anilines is 1. The predicted molar refractivity (Wildman–Crippen MR) is 168 cm³/mol. The number of halogens is 3. The Bertz CT molecular complexity index is 1640. The second kappa shape index (κ2) is 14.7. The van der Waals surface area contributed by atoms with Gasteiger partial charge in [0.05, 0.1) is 18.4 Å². The number of nitrogens with two attached hydrogens (primary N) is 1. The largest absolute Gasteiger partial charge is 0.497 e. The lowest BCUT2D eigenvalue weighted by Crippen LogP contribution is -2.47. The number of aromatic nitrogens is 2. The van der Waals surface area contributed by atoms with Gasteiger partial charge in [0, 0.05) is 44.0 Å². The summed E-state index contributed by atoms with van der Waals surface area (Å²) in [6, 6.07) is 9.24. The highest BCUT2D eigenvalue weighted by Crippen LogP contribution is 2.38. The van der Waals surface area contributed by atoms with Gasteiger partial charge in [0.25, 0.3) is 17.7 Å². The number of hydrogen-bond donors (Lipinski definition) is 3. The Morgan fingerprint density at radius 1 is 1.13 bits per heavy atom. The van der Waals surface area contributed by atoms with E-state index in [9.17, 15) is 32.3 Å². The molecular formula is C32H38F3N7O5. The van der Waals surface area contributed by atoms with Crippen LogP contribution in [0.15, 0.2) is 42.5 Å². The van der Waals surface area contributed by atoms with Crippen LogP contribution in [0.2, 0.25) is 0 Å². The highest BCUT2D eigenvalue weighted by molar-refractivity contribution is 6.08. The van der Waals surface area contributed by atoms with Crippen molar-refractivity contribution in [3.63, 3.8) is 0 Å². The predicted octanol–water partition coefficient (Wildman–Crippen LogP) is 3.17. The number of nitrogens with zero attached hydrogens (tertiary/aromatic N) is 4. The zero-order valence-electron chi connectivity index (χ0n) is 26.6. The standard InChI is InChI=1S/C32H38F3N7O5/c1-5-16-37-29(44)24(7-6-15-36)38-28(43)23-18-21(47-4)12-13-25(23)42-26-22(27(39-42)32(33,34)35)14-17-41(31(26)46)20-10-8-19(9-11-20)30(45)40(2)3/h8-13,18,24H,5-7,14-17,36H2,1-4H3,(H,37,44)(H,38,43)/t24-/m0/s1. The van der Waals surface area contributed by atoms with Crippen molar-refractivity contribution >= 4 is 29.3 Å². The van der Waals surface area contributed by atoms with Crippen molar-refractivity contribution in [2.75, 3.05) is 45.7 Å². The number of hydrogen-bond acceptors (Lipinski definition) is 7. The summed E-state index contributed by atoms with van der Waals surface area (Å²) >= 11 is 0. The second-order valence-electron chi connectivity index (χ2n) is 11.2. The molecule has 0 saturated heterocycles. The fraction of sp³-hybridized carbons (Fsp3) is 0.406. The van der Waals surface area contributed by atoms with Gasteiger partial charge in [-0.3, -0.25) is 19.2 Å². The topological polar surface area (TPSA) is 152 Å². The van der Waals surface area contributed by atoms with Crippen molar-refractivity contribution in [2.24, 2.45) is 5.73 Å². The number of benzene rings is 2. The van der Waals surface area contributed by atoms with Gasteiger partial charge in [-0.25, -0.2) is 4.68 Å². The fourth-order valence-corrected chi connectivity index (χ4v) is 5.26. The quantitative estimate of drug-likeness (QED) is 0.271. The second-order valence-corrected chi connectivity index (χ2v) is 11.2. The summed E-state index contributed by atoms with van der Waals surface area (Å²) in [4.78, 5) is 55.7. The van der Waals surface area contributed by atoms with Gasteiger partial charge in [-0.1, -0.05) is 6.92 Å². The minimum Gasteiger partial charge on any atom is -0.497 e. The molecule has 252 valence electrons. The maximum Gasteiger partial charge on any atom is 0.435 e. The Balaban J connectivity index is 1.80. The number of amides is 4. The van der Waals surface area contributed by atoms with E-state index in [1.807, 2.05) is 6.92 Å². The van der Waals surface area contributed by atoms with Crippen LogP contribution in [0.5, 0.6) is 5.75 Å². The van der Waals surface area contributed by atoms with Crippen LogP contribution in [0.25, 0.3) is 5.69 Å². The monoisotopic (exact) mass is 657 g/mol. The molecule has 0 saturated carbocycles. The Labute approximate surface area is 270 Å². The number of fused-ring (bicyclic) bond motifs is 1. The first-order valence-electron chi connectivity index (χ1n) is 15.1. The molecule has 15 heteroatoms. The number of nitrogens with one attached hydrogen (secondary N) is 2. The molecule has 0 spiro atoms. The summed E-state index contributed by atoms with van der Waals surface area (Å²) in [5.74, 6) is -2.03. The van der Waals surface area contributed by atoms with E-state index >= 15 is 0 Å². The average Bonchev–Trinajstić information content (AvgIpc) is 3.46. The number of ether oxygens (including phenoxy) is 1. The van der Waals surface area contributed by atoms with E-state index in [2.05, 4.69) is 15.7 Å². The maximum atomic E-state index is 14.3. The summed E-state index contributed by atoms with van der Waals surface area (Å²) in [5, 5.41) is 9.26. The Kier molecular flexibility index (Phi) is 10.9. The van der Waals surface area contributed by atoms with Crippen LogP contribution >= 0.6 is 0 Å². The molecule has 0 fully saturated rings. The van der Waals surface area contributed by atoms with Crippen molar-refractivity contribution in [2.45, 2.75) is 44.8 Å². The molecule has 1 aliphatic rings. The lowest BCUT2D eigenvalue weighted by Gasteiger charge is -2.28. The number of methoxy groups -OCH3 is 1. The third kappa shape index (κ3) is 7.56. The van der Waals surface area contributed by atoms with Gasteiger partial charge in [0.2, 0.25) is 5.91 Å². The van der Waals surface area contributed by atoms with Crippen LogP contribution in [0, 0.1) is 0 Å². The van der Waals surface area contributed by atoms with Gasteiger partial charge < -0.3 is 30.9 Å². The molecular weight excluding hydrogens is 619 g/mol. The SMILES string of the molecule is CCCNC(=O)[C@H](CCCN)NC(=O)c1cc(OC)ccc1-n1nc(C(F)(F)F)c2c1C(=O)N(c1ccc(C(=O)N(C)C)cc1)CC2. The van der Waals surface area contributed by atoms with E-state index < -0.39 is 35.6 Å². The number of carbonyl (C=O) groups excluding carboxylic acids is 4. The molecule has 1 aromatic heterocycles. The van der Waals surface area contributed by atoms with Crippen molar-refractivity contribution < 1.29 is 37.1 Å². The van der Waals surface area contributed by atoms with Crippen molar-refractivity contribution in [1.29, 1.82) is 0 Å². The first kappa shape index (κ1) is 34.9. The van der Waals surface area contributed by atoms with Crippen LogP contribution in [-0.4, -0.2) is 85.2 Å². The molecule has 1 aliphatic heterocycles. The molecule has 4 amide bonds. The molecule has 2 heterocycles. The normalized spacial score (nSPS) is 13.5. The summed E-state index contributed by atoms with van der Waals surface area (Å²) in [7, 11) is 4.55. The van der Waals surface area contributed by atoms with E-state index in [0.717, 1.165) is 4.68 Å². The van der Waals surface area contributed by atoms with E-state index in [-0.39, 0.29) is 60.1 Å². The van der Waals surface area contributed by atoms with Crippen molar-refractivity contribution in [3.8, 4) is 11.4 Å². The Morgan fingerprint density at radius 2 is 1.83 bits per heavy atom. The van der Waals surface area contributed by atoms with E-state index in [1.165, 1.54) is 47.2 Å². The minimum absolute atomic E-state index is 0.0762. The summed E-state index contributed by atoms with van der Waals surface area (Å²) in [5.41, 5.74) is 4.18. The van der Waals surface area contributed by atoms with Crippen molar-refractivity contribution in [1.82, 2.24) is 25.3 Å². The fourth-order valence-electron chi connectivity index (χ4n) is 5.26. The summed E-state index contributed by atoms with van der Waals surface area (Å²) in [6.45, 7) is 2.45. The Morgan fingerprint density at radius 3 is 2.43 bits per heavy atom. The average molecular weight is 658 g/mol. The van der Waals surface area contributed by atoms with Crippen LogP contribution in [0.3, 0.4) is 0 Å². The van der Waals surface area contributed by atoms with Crippen LogP contribution in [0.4, 0.5) is 18.9 Å². The van der Waals surface area contributed by atoms with Gasteiger partial charge in [-0.2, -0.15) is 18.3 Å². The molecule has 4 rings (SSSR count). The highest BCUT2D eigenvalue weighted by Gasteiger charge is 2.44. The summed E-state index contributed by atoms with van der Waals surface area (Å²) in [6.07, 6.45) is -3.76. The van der Waals surface area contributed by atoms with Gasteiger partial charge in [0.15, 0.2) is 5.69 Å². The van der Waals surface area contributed by atoms with Crippen LogP contribution < -0.4 is 26.0 Å². The molecule has 0 bridgehead atoms. The molecule has 0 unspecified atom stereocenters. The minimum atomic E-state index is -4.90. The van der Waals surface area contributed by atoms with Gasteiger partial charge >= 0.3 is 6.18 Å². The van der Waals surface area contributed by atoms with Crippen LogP contribution in [-0.2, 0) is 17.4 Å². The third-order valence-electron chi connectivity index (χ3n) is 7.66. The van der Waals surface area contributed by atoms with Gasteiger partial charge in [-0.15, -0.1) is 0 Å². The molecule has 1 atom stereocenters. The zero-order chi connectivity index (χ0) is 34.5. The van der Waals surface area contributed by atoms with E-state index in [0.29, 0.717) is 30.6 Å². The lowest BCUT2D eigenvalue weighted by molar-refractivity contribution is -0.142. The van der Waals surface area contributed by atoms with Crippen molar-refractivity contribution in [3.05, 3.63) is 70.5 Å². The highest BCUT2D eigenvalue weighted by atomic mass is 19.4. The van der Waals surface area contributed by atoms with Gasteiger partial charge in [-0.05, 0) is 74.7 Å². The van der Waals surface area contributed by atoms with Gasteiger partial charge in [0.1, 0.15) is 17.5 Å². The number of alkyl halides is 3. The lowest BCUT2D eigenvalue weighted by atomic mass is 10.0. The molecule has 2 aromatic carbocycles. The van der Waals surface area contributed by atoms with E-state index in [1.54, 1.807) is 26.2 Å². The molecule has 47 heavy (non-hydrogen) atoms.